The average Bonchev–Trinajstić information content (AvgIpc) is 2.37. The molecule has 0 spiro atoms. The molecule has 1 aromatic rings. The fourth-order valence-corrected chi connectivity index (χ4v) is 1.83. The van der Waals surface area contributed by atoms with E-state index in [0.717, 1.165) is 44.4 Å². The number of hydrogen-bond donors (Lipinski definition) is 2. The topological polar surface area (TPSA) is 53.1 Å². The fourth-order valence-electron chi connectivity index (χ4n) is 1.83. The molecule has 2 N–H and O–H groups in total. The lowest BCUT2D eigenvalue weighted by molar-refractivity contribution is 0.442. The highest BCUT2D eigenvalue weighted by molar-refractivity contribution is 5.41. The largest absolute Gasteiger partial charge is 0.368 e. The van der Waals surface area contributed by atoms with Gasteiger partial charge in [0.05, 0.1) is 12.4 Å². The molecule has 2 heterocycles. The Kier molecular flexibility index (Phi) is 4.01. The highest BCUT2D eigenvalue weighted by Gasteiger charge is 2.13. The number of nitrogens with one attached hydrogen (secondary N) is 2. The van der Waals surface area contributed by atoms with Gasteiger partial charge in [0, 0.05) is 32.7 Å². The smallest absolute Gasteiger partial charge is 0.147 e. The van der Waals surface area contributed by atoms with E-state index in [-0.39, 0.29) is 5.41 Å². The van der Waals surface area contributed by atoms with Gasteiger partial charge in [0.15, 0.2) is 0 Å². The summed E-state index contributed by atoms with van der Waals surface area (Å²) >= 11 is 0. The van der Waals surface area contributed by atoms with E-state index >= 15 is 0 Å². The van der Waals surface area contributed by atoms with Crippen molar-refractivity contribution in [3.63, 3.8) is 0 Å². The van der Waals surface area contributed by atoms with Gasteiger partial charge >= 0.3 is 0 Å². The predicted molar refractivity (Wildman–Crippen MR) is 75.1 cm³/mol. The summed E-state index contributed by atoms with van der Waals surface area (Å²) in [4.78, 5) is 11.2. The van der Waals surface area contributed by atoms with Crippen LogP contribution in [0.15, 0.2) is 12.4 Å². The molecule has 0 aliphatic carbocycles. The number of aromatic nitrogens is 2. The molecule has 2 rings (SSSR count). The summed E-state index contributed by atoms with van der Waals surface area (Å²) in [7, 11) is 0. The Hall–Kier alpha value is -1.36. The maximum atomic E-state index is 4.48. The van der Waals surface area contributed by atoms with Gasteiger partial charge in [-0.3, -0.25) is 0 Å². The average molecular weight is 249 g/mol. The third kappa shape index (κ3) is 3.84. The summed E-state index contributed by atoms with van der Waals surface area (Å²) in [6.07, 6.45) is 3.68. The Morgan fingerprint density at radius 1 is 1.22 bits per heavy atom. The summed E-state index contributed by atoms with van der Waals surface area (Å²) in [5.74, 6) is 1.82. The molecule has 0 radical (unpaired) electrons. The maximum Gasteiger partial charge on any atom is 0.147 e. The van der Waals surface area contributed by atoms with Gasteiger partial charge in [-0.15, -0.1) is 0 Å². The van der Waals surface area contributed by atoms with E-state index in [2.05, 4.69) is 46.3 Å². The second kappa shape index (κ2) is 5.52. The van der Waals surface area contributed by atoms with Crippen molar-refractivity contribution in [3.05, 3.63) is 12.4 Å². The molecule has 1 fully saturated rings. The highest BCUT2D eigenvalue weighted by Crippen LogP contribution is 2.15. The van der Waals surface area contributed by atoms with Crippen molar-refractivity contribution < 1.29 is 0 Å². The Bertz CT molecular complexity index is 362. The molecule has 0 unspecified atom stereocenters. The summed E-state index contributed by atoms with van der Waals surface area (Å²) in [6.45, 7) is 11.5. The molecule has 1 saturated heterocycles. The number of piperazine rings is 1. The number of rotatable bonds is 3. The Morgan fingerprint density at radius 3 is 2.50 bits per heavy atom. The first-order valence-electron chi connectivity index (χ1n) is 6.56. The van der Waals surface area contributed by atoms with Crippen LogP contribution in [0.25, 0.3) is 0 Å². The van der Waals surface area contributed by atoms with Gasteiger partial charge in [0.2, 0.25) is 0 Å². The zero-order valence-corrected chi connectivity index (χ0v) is 11.5. The third-order valence-corrected chi connectivity index (χ3v) is 2.88. The van der Waals surface area contributed by atoms with E-state index in [4.69, 9.17) is 0 Å². The molecule has 18 heavy (non-hydrogen) atoms. The van der Waals surface area contributed by atoms with Gasteiger partial charge in [-0.25, -0.2) is 9.97 Å². The van der Waals surface area contributed by atoms with Crippen LogP contribution >= 0.6 is 0 Å². The molecular weight excluding hydrogens is 226 g/mol. The minimum atomic E-state index is 0.249. The Balaban J connectivity index is 1.92. The summed E-state index contributed by atoms with van der Waals surface area (Å²) in [5, 5.41) is 6.64. The molecule has 100 valence electrons. The molecule has 0 saturated carbocycles. The van der Waals surface area contributed by atoms with Crippen LogP contribution in [0.5, 0.6) is 0 Å². The quantitative estimate of drug-likeness (QED) is 0.847. The number of nitrogens with zero attached hydrogens (tertiary/aromatic N) is 3. The number of hydrogen-bond acceptors (Lipinski definition) is 5. The molecule has 1 aliphatic rings. The second-order valence-corrected chi connectivity index (χ2v) is 5.91. The van der Waals surface area contributed by atoms with Gasteiger partial charge in [-0.05, 0) is 5.41 Å². The van der Waals surface area contributed by atoms with Crippen molar-refractivity contribution in [2.24, 2.45) is 5.41 Å². The lowest BCUT2D eigenvalue weighted by atomic mass is 9.97. The molecule has 0 amide bonds. The summed E-state index contributed by atoms with van der Waals surface area (Å²) < 4.78 is 0. The standard InChI is InChI=1S/C13H23N5/c1-13(2,3)10-17-11-8-16-12(9-15-11)18-6-4-14-5-7-18/h8-9,14H,4-7,10H2,1-3H3,(H,15,17). The zero-order valence-electron chi connectivity index (χ0n) is 11.5. The van der Waals surface area contributed by atoms with Crippen LogP contribution in [0.3, 0.4) is 0 Å². The van der Waals surface area contributed by atoms with E-state index in [1.807, 2.05) is 12.4 Å². The van der Waals surface area contributed by atoms with Gasteiger partial charge in [-0.1, -0.05) is 20.8 Å². The monoisotopic (exact) mass is 249 g/mol. The van der Waals surface area contributed by atoms with Gasteiger partial charge in [0.1, 0.15) is 11.6 Å². The van der Waals surface area contributed by atoms with E-state index in [0.29, 0.717) is 0 Å². The Labute approximate surface area is 109 Å². The fraction of sp³-hybridized carbons (Fsp3) is 0.692. The third-order valence-electron chi connectivity index (χ3n) is 2.88. The predicted octanol–water partition coefficient (Wildman–Crippen LogP) is 1.34. The minimum Gasteiger partial charge on any atom is -0.368 e. The van der Waals surface area contributed by atoms with Crippen LogP contribution in [0.4, 0.5) is 11.6 Å². The molecule has 0 atom stereocenters. The van der Waals surface area contributed by atoms with Crippen LogP contribution in [0, 0.1) is 5.41 Å². The first-order chi connectivity index (χ1) is 8.54. The van der Waals surface area contributed by atoms with Crippen LogP contribution in [-0.2, 0) is 0 Å². The van der Waals surface area contributed by atoms with Crippen LogP contribution in [0.2, 0.25) is 0 Å². The molecule has 0 aromatic carbocycles. The SMILES string of the molecule is CC(C)(C)CNc1cnc(N2CCNCC2)cn1. The molecule has 0 bridgehead atoms. The maximum absolute atomic E-state index is 4.48. The van der Waals surface area contributed by atoms with Crippen LogP contribution in [0.1, 0.15) is 20.8 Å². The molecular formula is C13H23N5. The van der Waals surface area contributed by atoms with Gasteiger partial charge < -0.3 is 15.5 Å². The summed E-state index contributed by atoms with van der Waals surface area (Å²) in [5.41, 5.74) is 0.249. The molecule has 1 aromatic heterocycles. The zero-order chi connectivity index (χ0) is 13.0. The normalized spacial score (nSPS) is 16.7. The van der Waals surface area contributed by atoms with Crippen molar-refractivity contribution in [2.75, 3.05) is 42.9 Å². The van der Waals surface area contributed by atoms with Crippen molar-refractivity contribution in [2.45, 2.75) is 20.8 Å². The Morgan fingerprint density at radius 2 is 1.94 bits per heavy atom. The van der Waals surface area contributed by atoms with Crippen LogP contribution in [-0.4, -0.2) is 42.7 Å². The lowest BCUT2D eigenvalue weighted by Gasteiger charge is -2.28. The molecule has 5 nitrogen and oxygen atoms in total. The lowest BCUT2D eigenvalue weighted by Crippen LogP contribution is -2.43. The van der Waals surface area contributed by atoms with E-state index in [1.54, 1.807) is 0 Å². The number of anilines is 2. The van der Waals surface area contributed by atoms with Gasteiger partial charge in [-0.2, -0.15) is 0 Å². The summed E-state index contributed by atoms with van der Waals surface area (Å²) in [6, 6.07) is 0. The molecule has 5 heteroatoms. The van der Waals surface area contributed by atoms with E-state index < -0.39 is 0 Å². The minimum absolute atomic E-state index is 0.249. The van der Waals surface area contributed by atoms with Gasteiger partial charge in [0.25, 0.3) is 0 Å². The van der Waals surface area contributed by atoms with Crippen molar-refractivity contribution >= 4 is 11.6 Å². The highest BCUT2D eigenvalue weighted by atomic mass is 15.2. The van der Waals surface area contributed by atoms with Crippen molar-refractivity contribution in [1.29, 1.82) is 0 Å². The van der Waals surface area contributed by atoms with E-state index in [1.165, 1.54) is 0 Å². The van der Waals surface area contributed by atoms with Crippen LogP contribution < -0.4 is 15.5 Å². The first-order valence-corrected chi connectivity index (χ1v) is 6.56. The van der Waals surface area contributed by atoms with Crippen molar-refractivity contribution in [1.82, 2.24) is 15.3 Å². The molecule has 1 aliphatic heterocycles. The first kappa shape index (κ1) is 13.1. The van der Waals surface area contributed by atoms with Crippen molar-refractivity contribution in [3.8, 4) is 0 Å². The second-order valence-electron chi connectivity index (χ2n) is 5.91. The van der Waals surface area contributed by atoms with E-state index in [9.17, 15) is 0 Å².